The number of rotatable bonds is 40. The van der Waals surface area contributed by atoms with Crippen molar-refractivity contribution in [1.82, 2.24) is 4.90 Å². The average molecular weight is 728 g/mol. The van der Waals surface area contributed by atoms with Crippen molar-refractivity contribution in [3.05, 3.63) is 0 Å². The van der Waals surface area contributed by atoms with E-state index >= 15 is 0 Å². The fourth-order valence-electron chi connectivity index (χ4n) is 6.44. The predicted octanol–water partition coefficient (Wildman–Crippen LogP) is 11.0. The first-order valence-corrected chi connectivity index (χ1v) is 21.5. The zero-order chi connectivity index (χ0) is 37.6. The molecule has 0 rings (SSSR count). The number of methoxy groups -OCH3 is 2. The first-order chi connectivity index (χ1) is 24.9. The fourth-order valence-corrected chi connectivity index (χ4v) is 6.44. The molecule has 0 aromatic carbocycles. The molecule has 0 aliphatic carbocycles. The van der Waals surface area contributed by atoms with Crippen molar-refractivity contribution >= 4 is 11.9 Å². The maximum Gasteiger partial charge on any atom is 0.305 e. The normalized spacial score (nSPS) is 13.4. The fraction of sp³-hybridized carbons (Fsp3) is 0.953. The number of ether oxygens (including phenoxy) is 5. The molecule has 0 N–H and O–H groups in total. The first kappa shape index (κ1) is 49.8. The second-order valence-corrected chi connectivity index (χ2v) is 15.1. The van der Waals surface area contributed by atoms with Gasteiger partial charge < -0.3 is 28.6 Å². The number of esters is 2. The summed E-state index contributed by atoms with van der Waals surface area (Å²) in [7, 11) is 7.67. The van der Waals surface area contributed by atoms with E-state index in [0.717, 1.165) is 96.6 Å². The topological polar surface area (TPSA) is 83.5 Å². The number of hydrogen-bond acceptors (Lipinski definition) is 8. The lowest BCUT2D eigenvalue weighted by Crippen LogP contribution is -2.20. The summed E-state index contributed by atoms with van der Waals surface area (Å²) in [4.78, 5) is 26.7. The summed E-state index contributed by atoms with van der Waals surface area (Å²) in [5.74, 6) is -0.186. The van der Waals surface area contributed by atoms with Crippen molar-refractivity contribution in [3.63, 3.8) is 0 Å². The van der Waals surface area contributed by atoms with Gasteiger partial charge in [-0.25, -0.2) is 0 Å². The zero-order valence-corrected chi connectivity index (χ0v) is 34.7. The average Bonchev–Trinajstić information content (AvgIpc) is 3.12. The van der Waals surface area contributed by atoms with Gasteiger partial charge in [0.25, 0.3) is 0 Å². The Kier molecular flexibility index (Phi) is 37.6. The number of carbonyl (C=O) groups is 2. The van der Waals surface area contributed by atoms with Crippen molar-refractivity contribution in [2.24, 2.45) is 0 Å². The highest BCUT2D eigenvalue weighted by Crippen LogP contribution is 2.18. The van der Waals surface area contributed by atoms with Crippen molar-refractivity contribution in [2.75, 3.05) is 54.7 Å². The largest absolute Gasteiger partial charge is 0.463 e. The number of nitrogens with zero attached hydrogens (tertiary/aromatic N) is 1. The smallest absolute Gasteiger partial charge is 0.305 e. The molecule has 0 aliphatic rings. The van der Waals surface area contributed by atoms with Gasteiger partial charge in [-0.05, 0) is 72.0 Å². The Bertz CT molecular complexity index is 698. The molecule has 0 aliphatic heterocycles. The molecule has 304 valence electrons. The van der Waals surface area contributed by atoms with Crippen LogP contribution in [-0.4, -0.2) is 89.8 Å². The lowest BCUT2D eigenvalue weighted by Gasteiger charge is -2.18. The van der Waals surface area contributed by atoms with Crippen LogP contribution in [0.1, 0.15) is 194 Å². The number of unbranched alkanes of at least 4 members (excludes halogenated alkanes) is 17. The van der Waals surface area contributed by atoms with Crippen molar-refractivity contribution in [3.8, 4) is 0 Å². The number of hydrogen-bond donors (Lipinski definition) is 0. The summed E-state index contributed by atoms with van der Waals surface area (Å²) < 4.78 is 28.4. The highest BCUT2D eigenvalue weighted by Gasteiger charge is 2.13. The van der Waals surface area contributed by atoms with Gasteiger partial charge in [-0.2, -0.15) is 0 Å². The van der Waals surface area contributed by atoms with Crippen LogP contribution in [0.4, 0.5) is 0 Å². The summed E-state index contributed by atoms with van der Waals surface area (Å²) in [6.07, 6.45) is 31.0. The van der Waals surface area contributed by atoms with E-state index in [0.29, 0.717) is 32.2 Å². The van der Waals surface area contributed by atoms with Crippen molar-refractivity contribution < 1.29 is 33.3 Å². The molecule has 51 heavy (non-hydrogen) atoms. The SMILES string of the molecule is CCCCCCCC(COC(=O)CCCCCCCC(CCCCCCCC(=O)OCC(CCCCCCC)OC)OCCCCN(C)C)OC. The molecule has 2 atom stereocenters. The molecule has 0 aromatic heterocycles. The molecular formula is C43H85NO7. The summed E-state index contributed by atoms with van der Waals surface area (Å²) in [6, 6.07) is 0. The molecule has 2 unspecified atom stereocenters. The van der Waals surface area contributed by atoms with Crippen LogP contribution in [0.5, 0.6) is 0 Å². The van der Waals surface area contributed by atoms with Gasteiger partial charge in [0.2, 0.25) is 0 Å². The maximum atomic E-state index is 12.2. The van der Waals surface area contributed by atoms with E-state index < -0.39 is 0 Å². The van der Waals surface area contributed by atoms with Crippen LogP contribution in [0.25, 0.3) is 0 Å². The second kappa shape index (κ2) is 38.5. The minimum Gasteiger partial charge on any atom is -0.463 e. The molecule has 0 heterocycles. The predicted molar refractivity (Wildman–Crippen MR) is 212 cm³/mol. The Labute approximate surface area is 316 Å². The molecule has 0 aromatic rings. The Hall–Kier alpha value is -1.22. The summed E-state index contributed by atoms with van der Waals surface area (Å²) in [5.41, 5.74) is 0. The molecular weight excluding hydrogens is 642 g/mol. The van der Waals surface area contributed by atoms with E-state index in [4.69, 9.17) is 23.7 Å². The van der Waals surface area contributed by atoms with E-state index in [-0.39, 0.29) is 24.1 Å². The Balaban J connectivity index is 4.13. The minimum atomic E-state index is -0.0929. The Morgan fingerprint density at radius 1 is 0.471 bits per heavy atom. The van der Waals surface area contributed by atoms with Crippen LogP contribution in [0.15, 0.2) is 0 Å². The van der Waals surface area contributed by atoms with Gasteiger partial charge >= 0.3 is 11.9 Å². The van der Waals surface area contributed by atoms with Crippen LogP contribution in [0.2, 0.25) is 0 Å². The van der Waals surface area contributed by atoms with Gasteiger partial charge in [-0.1, -0.05) is 129 Å². The van der Waals surface area contributed by atoms with Crippen LogP contribution >= 0.6 is 0 Å². The third kappa shape index (κ3) is 35.6. The standard InChI is InChI=1S/C43H85NO7/c1-7-9-11-15-23-31-40(47-5)37-50-42(45)33-25-19-13-17-21-29-39(49-36-28-27-35-44(3)4)30-22-18-14-20-26-34-43(46)51-38-41(48-6)32-24-16-12-10-8-2/h39-41H,7-38H2,1-6H3. The van der Waals surface area contributed by atoms with Crippen LogP contribution in [-0.2, 0) is 33.3 Å². The lowest BCUT2D eigenvalue weighted by atomic mass is 10.0. The van der Waals surface area contributed by atoms with Gasteiger partial charge in [0.1, 0.15) is 13.2 Å². The van der Waals surface area contributed by atoms with Gasteiger partial charge in [-0.3, -0.25) is 9.59 Å². The quantitative estimate of drug-likeness (QED) is 0.0456. The van der Waals surface area contributed by atoms with Gasteiger partial charge in [0.15, 0.2) is 0 Å². The van der Waals surface area contributed by atoms with Crippen LogP contribution in [0, 0.1) is 0 Å². The third-order valence-electron chi connectivity index (χ3n) is 9.95. The van der Waals surface area contributed by atoms with E-state index in [1.165, 1.54) is 83.5 Å². The number of carbonyl (C=O) groups excluding carboxylic acids is 2. The second-order valence-electron chi connectivity index (χ2n) is 15.1. The monoisotopic (exact) mass is 728 g/mol. The third-order valence-corrected chi connectivity index (χ3v) is 9.95. The highest BCUT2D eigenvalue weighted by atomic mass is 16.6. The van der Waals surface area contributed by atoms with Gasteiger partial charge in [0.05, 0.1) is 18.3 Å². The summed E-state index contributed by atoms with van der Waals surface area (Å²) in [6.45, 7) is 7.16. The van der Waals surface area contributed by atoms with E-state index in [2.05, 4.69) is 32.8 Å². The zero-order valence-electron chi connectivity index (χ0n) is 34.7. The first-order valence-electron chi connectivity index (χ1n) is 21.5. The molecule has 0 saturated heterocycles. The lowest BCUT2D eigenvalue weighted by molar-refractivity contribution is -0.148. The van der Waals surface area contributed by atoms with Crippen LogP contribution < -0.4 is 0 Å². The molecule has 0 radical (unpaired) electrons. The highest BCUT2D eigenvalue weighted by molar-refractivity contribution is 5.69. The van der Waals surface area contributed by atoms with Crippen molar-refractivity contribution in [2.45, 2.75) is 212 Å². The molecule has 0 bridgehead atoms. The van der Waals surface area contributed by atoms with E-state index in [9.17, 15) is 9.59 Å². The van der Waals surface area contributed by atoms with E-state index in [1.54, 1.807) is 14.2 Å². The van der Waals surface area contributed by atoms with Crippen LogP contribution in [0.3, 0.4) is 0 Å². The molecule has 0 spiro atoms. The van der Waals surface area contributed by atoms with E-state index in [1.807, 2.05) is 0 Å². The van der Waals surface area contributed by atoms with Gasteiger partial charge in [0, 0.05) is 33.7 Å². The maximum absolute atomic E-state index is 12.2. The molecule has 8 heteroatoms. The van der Waals surface area contributed by atoms with Gasteiger partial charge in [-0.15, -0.1) is 0 Å². The molecule has 0 amide bonds. The molecule has 0 fully saturated rings. The molecule has 8 nitrogen and oxygen atoms in total. The summed E-state index contributed by atoms with van der Waals surface area (Å²) >= 11 is 0. The minimum absolute atomic E-state index is 0.0174. The summed E-state index contributed by atoms with van der Waals surface area (Å²) in [5, 5.41) is 0. The Morgan fingerprint density at radius 3 is 1.24 bits per heavy atom. The molecule has 0 saturated carbocycles. The Morgan fingerprint density at radius 2 is 0.843 bits per heavy atom. The van der Waals surface area contributed by atoms with Crippen molar-refractivity contribution in [1.29, 1.82) is 0 Å².